The Hall–Kier alpha value is -2.16. The second-order valence-corrected chi connectivity index (χ2v) is 4.26. The zero-order chi connectivity index (χ0) is 13.1. The van der Waals surface area contributed by atoms with Gasteiger partial charge in [-0.3, -0.25) is 4.40 Å². The molecule has 0 aliphatic carbocycles. The summed E-state index contributed by atoms with van der Waals surface area (Å²) in [4.78, 5) is 6.42. The number of anilines is 1. The number of aromatic nitrogens is 4. The molecular formula is C12H16N6. The van der Waals surface area contributed by atoms with Gasteiger partial charge < -0.3 is 4.90 Å². The minimum absolute atomic E-state index is 0.0453. The summed E-state index contributed by atoms with van der Waals surface area (Å²) in [5.41, 5.74) is 0.738. The van der Waals surface area contributed by atoms with Crippen molar-refractivity contribution in [3.05, 3.63) is 18.2 Å². The van der Waals surface area contributed by atoms with E-state index in [1.807, 2.05) is 31.4 Å². The molecule has 0 fully saturated rings. The topological polar surface area (TPSA) is 70.1 Å². The summed E-state index contributed by atoms with van der Waals surface area (Å²) in [6.45, 7) is 7.27. The van der Waals surface area contributed by atoms with E-state index in [-0.39, 0.29) is 5.92 Å². The maximum Gasteiger partial charge on any atom is 0.203 e. The lowest BCUT2D eigenvalue weighted by Crippen LogP contribution is -2.29. The van der Waals surface area contributed by atoms with Gasteiger partial charge in [-0.1, -0.05) is 0 Å². The molecule has 0 aliphatic heterocycles. The molecule has 0 radical (unpaired) electrons. The summed E-state index contributed by atoms with van der Waals surface area (Å²) in [5.74, 6) is 1.57. The zero-order valence-corrected chi connectivity index (χ0v) is 10.8. The molecule has 6 nitrogen and oxygen atoms in total. The van der Waals surface area contributed by atoms with E-state index in [4.69, 9.17) is 5.26 Å². The molecule has 6 heteroatoms. The fourth-order valence-electron chi connectivity index (χ4n) is 1.89. The smallest absolute Gasteiger partial charge is 0.203 e. The largest absolute Gasteiger partial charge is 0.352 e. The van der Waals surface area contributed by atoms with Crippen LogP contribution in [0, 0.1) is 24.2 Å². The molecule has 0 spiro atoms. The van der Waals surface area contributed by atoms with Crippen LogP contribution in [0.15, 0.2) is 12.4 Å². The van der Waals surface area contributed by atoms with Crippen LogP contribution in [-0.2, 0) is 0 Å². The molecule has 2 rings (SSSR count). The van der Waals surface area contributed by atoms with Gasteiger partial charge in [0.05, 0.1) is 12.0 Å². The molecule has 0 bridgehead atoms. The quantitative estimate of drug-likeness (QED) is 0.813. The summed E-state index contributed by atoms with van der Waals surface area (Å²) in [6, 6.07) is 2.24. The zero-order valence-electron chi connectivity index (χ0n) is 10.8. The van der Waals surface area contributed by atoms with E-state index in [1.54, 1.807) is 6.20 Å². The van der Waals surface area contributed by atoms with Crippen molar-refractivity contribution in [1.29, 1.82) is 5.26 Å². The Balaban J connectivity index is 2.42. The van der Waals surface area contributed by atoms with E-state index in [0.717, 1.165) is 23.8 Å². The van der Waals surface area contributed by atoms with Gasteiger partial charge in [-0.05, 0) is 20.8 Å². The van der Waals surface area contributed by atoms with E-state index in [9.17, 15) is 0 Å². The van der Waals surface area contributed by atoms with Crippen molar-refractivity contribution in [3.8, 4) is 6.07 Å². The second-order valence-electron chi connectivity index (χ2n) is 4.26. The third kappa shape index (κ3) is 2.12. The van der Waals surface area contributed by atoms with Crippen molar-refractivity contribution in [2.24, 2.45) is 5.92 Å². The van der Waals surface area contributed by atoms with Crippen molar-refractivity contribution in [2.45, 2.75) is 20.8 Å². The van der Waals surface area contributed by atoms with Crippen LogP contribution in [0.5, 0.6) is 0 Å². The predicted molar refractivity (Wildman–Crippen MR) is 68.2 cm³/mol. The number of nitriles is 1. The molecule has 1 atom stereocenters. The fourth-order valence-corrected chi connectivity index (χ4v) is 1.89. The van der Waals surface area contributed by atoms with E-state index in [1.165, 1.54) is 0 Å². The molecule has 2 aromatic heterocycles. The minimum Gasteiger partial charge on any atom is -0.352 e. The molecule has 2 heterocycles. The SMILES string of the molecule is CCN(CC(C)C#N)c1nccn2c(C)nnc12. The molecule has 0 N–H and O–H groups in total. The summed E-state index contributed by atoms with van der Waals surface area (Å²) >= 11 is 0. The first kappa shape index (κ1) is 12.3. The molecule has 0 saturated carbocycles. The van der Waals surface area contributed by atoms with Gasteiger partial charge in [0.25, 0.3) is 0 Å². The van der Waals surface area contributed by atoms with Gasteiger partial charge in [0.15, 0.2) is 5.82 Å². The van der Waals surface area contributed by atoms with Crippen LogP contribution < -0.4 is 4.90 Å². The van der Waals surface area contributed by atoms with Gasteiger partial charge in [-0.2, -0.15) is 5.26 Å². The molecule has 18 heavy (non-hydrogen) atoms. The maximum absolute atomic E-state index is 8.91. The number of aryl methyl sites for hydroxylation is 1. The van der Waals surface area contributed by atoms with Crippen LogP contribution >= 0.6 is 0 Å². The normalized spacial score (nSPS) is 12.3. The van der Waals surface area contributed by atoms with E-state index >= 15 is 0 Å². The predicted octanol–water partition coefficient (Wildman–Crippen LogP) is 1.42. The Bertz CT molecular complexity index is 582. The van der Waals surface area contributed by atoms with Crippen LogP contribution in [-0.4, -0.2) is 32.7 Å². The first-order valence-corrected chi connectivity index (χ1v) is 5.98. The Morgan fingerprint density at radius 2 is 2.28 bits per heavy atom. The average Bonchev–Trinajstić information content (AvgIpc) is 2.78. The minimum atomic E-state index is -0.0453. The summed E-state index contributed by atoms with van der Waals surface area (Å²) in [7, 11) is 0. The van der Waals surface area contributed by atoms with Crippen molar-refractivity contribution in [2.75, 3.05) is 18.0 Å². The monoisotopic (exact) mass is 244 g/mol. The summed E-state index contributed by atoms with van der Waals surface area (Å²) in [5, 5.41) is 17.1. The van der Waals surface area contributed by atoms with Gasteiger partial charge >= 0.3 is 0 Å². The molecular weight excluding hydrogens is 228 g/mol. The Morgan fingerprint density at radius 1 is 1.50 bits per heavy atom. The van der Waals surface area contributed by atoms with E-state index in [0.29, 0.717) is 6.54 Å². The number of hydrogen-bond donors (Lipinski definition) is 0. The Kier molecular flexibility index (Phi) is 3.42. The van der Waals surface area contributed by atoms with Gasteiger partial charge in [-0.15, -0.1) is 10.2 Å². The van der Waals surface area contributed by atoms with Gasteiger partial charge in [0.2, 0.25) is 5.65 Å². The highest BCUT2D eigenvalue weighted by atomic mass is 15.3. The molecule has 0 saturated heterocycles. The summed E-state index contributed by atoms with van der Waals surface area (Å²) in [6.07, 6.45) is 3.58. The second kappa shape index (κ2) is 5.00. The van der Waals surface area contributed by atoms with Crippen LogP contribution in [0.25, 0.3) is 5.65 Å². The summed E-state index contributed by atoms with van der Waals surface area (Å²) < 4.78 is 1.90. The lowest BCUT2D eigenvalue weighted by molar-refractivity contribution is 0.679. The van der Waals surface area contributed by atoms with Gasteiger partial charge in [0, 0.05) is 25.5 Å². The van der Waals surface area contributed by atoms with Crippen molar-refractivity contribution < 1.29 is 0 Å². The number of nitrogens with zero attached hydrogens (tertiary/aromatic N) is 6. The van der Waals surface area contributed by atoms with Gasteiger partial charge in [0.1, 0.15) is 5.82 Å². The van der Waals surface area contributed by atoms with Crippen LogP contribution in [0.1, 0.15) is 19.7 Å². The first-order valence-electron chi connectivity index (χ1n) is 5.98. The van der Waals surface area contributed by atoms with Crippen LogP contribution in [0.4, 0.5) is 5.82 Å². The molecule has 1 unspecified atom stereocenters. The highest BCUT2D eigenvalue weighted by Crippen LogP contribution is 2.18. The molecule has 0 aromatic carbocycles. The first-order chi connectivity index (χ1) is 8.67. The van der Waals surface area contributed by atoms with E-state index in [2.05, 4.69) is 26.2 Å². The van der Waals surface area contributed by atoms with Crippen molar-refractivity contribution >= 4 is 11.5 Å². The average molecular weight is 244 g/mol. The highest BCUT2D eigenvalue weighted by Gasteiger charge is 2.15. The number of fused-ring (bicyclic) bond motifs is 1. The third-order valence-electron chi connectivity index (χ3n) is 2.87. The Labute approximate surface area is 106 Å². The van der Waals surface area contributed by atoms with E-state index < -0.39 is 0 Å². The molecule has 94 valence electrons. The van der Waals surface area contributed by atoms with Crippen molar-refractivity contribution in [1.82, 2.24) is 19.6 Å². The molecule has 0 amide bonds. The Morgan fingerprint density at radius 3 is 2.94 bits per heavy atom. The van der Waals surface area contributed by atoms with Crippen molar-refractivity contribution in [3.63, 3.8) is 0 Å². The molecule has 2 aromatic rings. The third-order valence-corrected chi connectivity index (χ3v) is 2.87. The molecule has 0 aliphatic rings. The standard InChI is InChI=1S/C12H16N6/c1-4-17(8-9(2)7-13)11-12-16-15-10(3)18(12)6-5-14-11/h5-6,9H,4,8H2,1-3H3. The number of hydrogen-bond acceptors (Lipinski definition) is 5. The fraction of sp³-hybridized carbons (Fsp3) is 0.500. The van der Waals surface area contributed by atoms with Crippen LogP contribution in [0.2, 0.25) is 0 Å². The lowest BCUT2D eigenvalue weighted by Gasteiger charge is -2.22. The van der Waals surface area contributed by atoms with Crippen LogP contribution in [0.3, 0.4) is 0 Å². The lowest BCUT2D eigenvalue weighted by atomic mass is 10.2. The maximum atomic E-state index is 8.91. The highest BCUT2D eigenvalue weighted by molar-refractivity contribution is 5.63. The van der Waals surface area contributed by atoms with Gasteiger partial charge in [-0.25, -0.2) is 4.98 Å². The number of rotatable bonds is 4.